The van der Waals surface area contributed by atoms with Crippen LogP contribution >= 0.6 is 11.3 Å². The molecule has 0 fully saturated rings. The number of carbonyl (C=O) groups is 1. The standard InChI is InChI=1S/C36H34NSSi.C13H24O2.Ir/c1-25(2)39(29-15-8-6-9-16-29,30-17-10-7-11-18-30)33-24-27-20-21-37-34(35(27)38-33)28-22-26-14-12-13-19-31(26)32(23-28)36(3,4)5;1-5-10(6-2)12(14)9-13(15)11(7-3)8-4;/h6-21,23-25H,1-5H3;9-11,14H,5-8H2,1-4H3;/q-1;;/b;12-9-;. The van der Waals surface area contributed by atoms with Crippen molar-refractivity contribution in [3.8, 4) is 11.3 Å². The van der Waals surface area contributed by atoms with Crippen LogP contribution in [-0.2, 0) is 30.3 Å². The molecule has 291 valence electrons. The second kappa shape index (κ2) is 19.5. The summed E-state index contributed by atoms with van der Waals surface area (Å²) in [6, 6.07) is 41.7. The fraction of sp³-hybridized carbons (Fsp3) is 0.347. The molecule has 0 amide bonds. The van der Waals surface area contributed by atoms with Gasteiger partial charge in [-0.25, -0.2) is 0 Å². The fourth-order valence-corrected chi connectivity index (χ4v) is 15.8. The zero-order valence-electron chi connectivity index (χ0n) is 34.1. The molecule has 2 aromatic heterocycles. The van der Waals surface area contributed by atoms with Gasteiger partial charge in [-0.1, -0.05) is 152 Å². The van der Waals surface area contributed by atoms with Gasteiger partial charge in [0.2, 0.25) is 0 Å². The van der Waals surface area contributed by atoms with Gasteiger partial charge in [0.15, 0.2) is 13.9 Å². The molecule has 0 bridgehead atoms. The van der Waals surface area contributed by atoms with Crippen LogP contribution in [0.3, 0.4) is 0 Å². The minimum atomic E-state index is -2.31. The van der Waals surface area contributed by atoms with E-state index in [0.717, 1.165) is 42.3 Å². The maximum atomic E-state index is 11.7. The zero-order chi connectivity index (χ0) is 39.0. The first-order chi connectivity index (χ1) is 25.9. The van der Waals surface area contributed by atoms with E-state index in [1.165, 1.54) is 42.0 Å². The first-order valence-corrected chi connectivity index (χ1v) is 22.7. The Morgan fingerprint density at radius 2 is 1.35 bits per heavy atom. The molecule has 6 heteroatoms. The molecule has 0 atom stereocenters. The van der Waals surface area contributed by atoms with Crippen molar-refractivity contribution in [2.24, 2.45) is 11.8 Å². The maximum Gasteiger partial charge on any atom is 0.163 e. The average molecular weight is 945 g/mol. The van der Waals surface area contributed by atoms with E-state index >= 15 is 0 Å². The molecule has 6 rings (SSSR count). The summed E-state index contributed by atoms with van der Waals surface area (Å²) < 4.78 is 2.74. The topological polar surface area (TPSA) is 50.2 Å². The van der Waals surface area contributed by atoms with Gasteiger partial charge in [-0.2, -0.15) is 11.3 Å². The third kappa shape index (κ3) is 9.48. The third-order valence-corrected chi connectivity index (χ3v) is 18.5. The van der Waals surface area contributed by atoms with Crippen molar-refractivity contribution >= 4 is 60.9 Å². The number of hydrogen-bond donors (Lipinski definition) is 1. The van der Waals surface area contributed by atoms with Gasteiger partial charge in [0.1, 0.15) is 0 Å². The van der Waals surface area contributed by atoms with Crippen molar-refractivity contribution in [1.29, 1.82) is 0 Å². The normalized spacial score (nSPS) is 12.3. The molecule has 0 aliphatic heterocycles. The number of allylic oxidation sites excluding steroid dienone is 2. The van der Waals surface area contributed by atoms with Crippen LogP contribution in [0.15, 0.2) is 121 Å². The van der Waals surface area contributed by atoms with Gasteiger partial charge in [-0.15, -0.1) is 29.1 Å². The number of thiophene rings is 1. The van der Waals surface area contributed by atoms with E-state index in [-0.39, 0.29) is 48.9 Å². The van der Waals surface area contributed by atoms with Crippen LogP contribution in [0.25, 0.3) is 32.1 Å². The third-order valence-electron chi connectivity index (χ3n) is 11.1. The molecule has 0 unspecified atom stereocenters. The summed E-state index contributed by atoms with van der Waals surface area (Å²) in [6.07, 6.45) is 6.88. The van der Waals surface area contributed by atoms with E-state index in [1.54, 1.807) is 0 Å². The molecule has 3 nitrogen and oxygen atoms in total. The number of aromatic nitrogens is 1. The second-order valence-electron chi connectivity index (χ2n) is 15.8. The van der Waals surface area contributed by atoms with E-state index in [0.29, 0.717) is 5.54 Å². The molecule has 1 radical (unpaired) electrons. The summed E-state index contributed by atoms with van der Waals surface area (Å²) in [5.74, 6) is 0.547. The number of aliphatic hydroxyl groups excluding tert-OH is 1. The molecule has 0 saturated heterocycles. The Hall–Kier alpha value is -3.67. The molecule has 55 heavy (non-hydrogen) atoms. The van der Waals surface area contributed by atoms with Crippen molar-refractivity contribution in [2.45, 2.75) is 99.0 Å². The molecule has 4 aromatic carbocycles. The average Bonchev–Trinajstić information content (AvgIpc) is 3.61. The molecular weight excluding hydrogens is 887 g/mol. The van der Waals surface area contributed by atoms with Crippen molar-refractivity contribution in [3.05, 3.63) is 133 Å². The number of fused-ring (bicyclic) bond motifs is 2. The summed E-state index contributed by atoms with van der Waals surface area (Å²) in [4.78, 5) is 16.7. The predicted molar refractivity (Wildman–Crippen MR) is 237 cm³/mol. The molecule has 0 aliphatic carbocycles. The molecule has 0 aliphatic rings. The van der Waals surface area contributed by atoms with Gasteiger partial charge in [-0.05, 0) is 64.5 Å². The van der Waals surface area contributed by atoms with Gasteiger partial charge >= 0.3 is 0 Å². The Kier molecular flexibility index (Phi) is 15.6. The van der Waals surface area contributed by atoms with Crippen LogP contribution < -0.4 is 14.9 Å². The van der Waals surface area contributed by atoms with Crippen LogP contribution in [0.5, 0.6) is 0 Å². The Balaban J connectivity index is 0.000000360. The Morgan fingerprint density at radius 3 is 1.87 bits per heavy atom. The van der Waals surface area contributed by atoms with E-state index in [4.69, 9.17) is 4.98 Å². The number of carbonyl (C=O) groups excluding carboxylic acids is 1. The van der Waals surface area contributed by atoms with Crippen LogP contribution in [-0.4, -0.2) is 23.9 Å². The minimum absolute atomic E-state index is 0. The largest absolute Gasteiger partial charge is 0.512 e. The Bertz CT molecular complexity index is 2140. The van der Waals surface area contributed by atoms with Gasteiger partial charge in [0, 0.05) is 59.1 Å². The van der Waals surface area contributed by atoms with Gasteiger partial charge in [0.25, 0.3) is 0 Å². The summed E-state index contributed by atoms with van der Waals surface area (Å²) in [6.45, 7) is 19.8. The molecule has 0 saturated carbocycles. The number of rotatable bonds is 12. The van der Waals surface area contributed by atoms with Crippen LogP contribution in [0.2, 0.25) is 5.54 Å². The first kappa shape index (κ1) is 44.0. The summed E-state index contributed by atoms with van der Waals surface area (Å²) in [5, 5.41) is 16.4. The molecule has 2 heterocycles. The maximum absolute atomic E-state index is 11.7. The molecule has 6 aromatic rings. The number of pyridine rings is 1. The zero-order valence-corrected chi connectivity index (χ0v) is 38.3. The van der Waals surface area contributed by atoms with E-state index in [2.05, 4.69) is 144 Å². The Labute approximate surface area is 348 Å². The second-order valence-corrected chi connectivity index (χ2v) is 21.7. The molecule has 0 spiro atoms. The summed E-state index contributed by atoms with van der Waals surface area (Å²) in [7, 11) is -2.31. The summed E-state index contributed by atoms with van der Waals surface area (Å²) >= 11 is 1.94. The number of benzene rings is 4. The van der Waals surface area contributed by atoms with Crippen molar-refractivity contribution in [3.63, 3.8) is 0 Å². The van der Waals surface area contributed by atoms with E-state index in [1.807, 2.05) is 45.2 Å². The van der Waals surface area contributed by atoms with E-state index in [9.17, 15) is 9.90 Å². The number of nitrogens with zero attached hydrogens (tertiary/aromatic N) is 1. The van der Waals surface area contributed by atoms with Gasteiger partial charge in [0.05, 0.1) is 5.76 Å². The van der Waals surface area contributed by atoms with Gasteiger partial charge < -0.3 is 5.11 Å². The first-order valence-electron chi connectivity index (χ1n) is 19.8. The molecule has 1 N–H and O–H groups in total. The van der Waals surface area contributed by atoms with Gasteiger partial charge in [-0.3, -0.25) is 9.78 Å². The molecular formula is C49H58IrNO2SSi-. The minimum Gasteiger partial charge on any atom is -0.512 e. The SMILES string of the molecule is CC(C)[Si](c1ccccc1)(c1ccccc1)c1cc2ccnc(-c3[c-]c4ccccc4c(C(C)(C)C)c3)c2s1.CCC(CC)C(=O)/C=C(\O)C(CC)CC.[Ir]. The Morgan fingerprint density at radius 1 is 0.800 bits per heavy atom. The fourth-order valence-electron chi connectivity index (χ4n) is 7.91. The number of aliphatic hydroxyl groups is 1. The monoisotopic (exact) mass is 945 g/mol. The van der Waals surface area contributed by atoms with Crippen LogP contribution in [0.4, 0.5) is 0 Å². The van der Waals surface area contributed by atoms with Crippen LogP contribution in [0.1, 0.15) is 93.6 Å². The van der Waals surface area contributed by atoms with Crippen LogP contribution in [0, 0.1) is 17.9 Å². The number of ketones is 1. The number of hydrogen-bond acceptors (Lipinski definition) is 4. The quantitative estimate of drug-likeness (QED) is 0.0576. The summed E-state index contributed by atoms with van der Waals surface area (Å²) in [5.41, 5.74) is 3.94. The smallest absolute Gasteiger partial charge is 0.163 e. The van der Waals surface area contributed by atoms with Crippen molar-refractivity contribution in [2.75, 3.05) is 0 Å². The van der Waals surface area contributed by atoms with E-state index < -0.39 is 8.07 Å². The van der Waals surface area contributed by atoms with Crippen molar-refractivity contribution in [1.82, 2.24) is 4.98 Å². The predicted octanol–water partition coefficient (Wildman–Crippen LogP) is 12.0. The van der Waals surface area contributed by atoms with Crippen molar-refractivity contribution < 1.29 is 30.0 Å².